The number of aromatic nitrogens is 1. The van der Waals surface area contributed by atoms with Gasteiger partial charge in [0.2, 0.25) is 0 Å². The molecule has 8 heteroatoms. The highest BCUT2D eigenvalue weighted by molar-refractivity contribution is 5.92. The van der Waals surface area contributed by atoms with Crippen LogP contribution in [0.4, 0.5) is 4.79 Å². The Balaban J connectivity index is 1.47. The molecule has 0 atom stereocenters. The second-order valence-electron chi connectivity index (χ2n) is 7.20. The van der Waals surface area contributed by atoms with Crippen LogP contribution in [0.5, 0.6) is 0 Å². The van der Waals surface area contributed by atoms with Crippen molar-refractivity contribution in [2.45, 2.75) is 32.7 Å². The minimum Gasteiger partial charge on any atom is -0.452 e. The maximum atomic E-state index is 12.4. The lowest BCUT2D eigenvalue weighted by atomic mass is 10.1. The molecule has 160 valence electrons. The summed E-state index contributed by atoms with van der Waals surface area (Å²) >= 11 is 0. The van der Waals surface area contributed by atoms with Gasteiger partial charge in [-0.25, -0.2) is 9.59 Å². The minimum absolute atomic E-state index is 0.0541. The molecule has 0 unspecified atom stereocenters. The molecule has 0 spiro atoms. The highest BCUT2D eigenvalue weighted by Crippen LogP contribution is 2.17. The quantitative estimate of drug-likeness (QED) is 0.736. The van der Waals surface area contributed by atoms with Gasteiger partial charge in [0.15, 0.2) is 6.61 Å². The summed E-state index contributed by atoms with van der Waals surface area (Å²) in [6.07, 6.45) is 4.75. The van der Waals surface area contributed by atoms with Crippen LogP contribution in [0, 0.1) is 6.92 Å². The number of hydrogen-bond acceptors (Lipinski definition) is 5. The lowest BCUT2D eigenvalue weighted by Gasteiger charge is -2.31. The summed E-state index contributed by atoms with van der Waals surface area (Å²) in [5.74, 6) is -0.897. The van der Waals surface area contributed by atoms with Crippen LogP contribution < -0.4 is 5.32 Å². The molecule has 1 saturated heterocycles. The van der Waals surface area contributed by atoms with Gasteiger partial charge in [-0.05, 0) is 56.5 Å². The van der Waals surface area contributed by atoms with Crippen LogP contribution in [0.25, 0.3) is 5.69 Å². The van der Waals surface area contributed by atoms with Gasteiger partial charge in [0.1, 0.15) is 0 Å². The van der Waals surface area contributed by atoms with Gasteiger partial charge < -0.3 is 24.3 Å². The molecule has 1 N–H and O–H groups in total. The van der Waals surface area contributed by atoms with Crippen molar-refractivity contribution in [1.29, 1.82) is 0 Å². The van der Waals surface area contributed by atoms with Crippen LogP contribution >= 0.6 is 0 Å². The van der Waals surface area contributed by atoms with E-state index in [1.807, 2.05) is 42.1 Å². The van der Waals surface area contributed by atoms with Crippen molar-refractivity contribution in [3.05, 3.63) is 53.9 Å². The number of hydrogen-bond donors (Lipinski definition) is 1. The number of benzene rings is 1. The topological polar surface area (TPSA) is 89.9 Å². The molecule has 0 aliphatic carbocycles. The Kier molecular flexibility index (Phi) is 7.11. The van der Waals surface area contributed by atoms with Crippen molar-refractivity contribution in [3.63, 3.8) is 0 Å². The summed E-state index contributed by atoms with van der Waals surface area (Å²) in [6.45, 7) is 4.78. The zero-order valence-electron chi connectivity index (χ0n) is 17.3. The van der Waals surface area contributed by atoms with Gasteiger partial charge >= 0.3 is 12.1 Å². The van der Waals surface area contributed by atoms with E-state index in [9.17, 15) is 14.4 Å². The molecule has 1 aliphatic heterocycles. The van der Waals surface area contributed by atoms with Crippen molar-refractivity contribution >= 4 is 18.0 Å². The Bertz CT molecular complexity index is 886. The van der Waals surface area contributed by atoms with E-state index in [0.29, 0.717) is 38.1 Å². The molecule has 1 aromatic carbocycles. The Morgan fingerprint density at radius 1 is 1.10 bits per heavy atom. The number of amides is 2. The molecule has 0 radical (unpaired) electrons. The number of aryl methyl sites for hydroxylation is 1. The van der Waals surface area contributed by atoms with Gasteiger partial charge in [-0.15, -0.1) is 0 Å². The average molecular weight is 413 g/mol. The van der Waals surface area contributed by atoms with Crippen LogP contribution in [0.3, 0.4) is 0 Å². The molecular weight excluding hydrogens is 386 g/mol. The fourth-order valence-corrected chi connectivity index (χ4v) is 3.41. The van der Waals surface area contributed by atoms with E-state index in [1.165, 1.54) is 0 Å². The third-order valence-corrected chi connectivity index (χ3v) is 5.05. The first kappa shape index (κ1) is 21.4. The molecule has 1 aromatic heterocycles. The molecule has 8 nitrogen and oxygen atoms in total. The number of nitrogens with zero attached hydrogens (tertiary/aromatic N) is 2. The van der Waals surface area contributed by atoms with Crippen molar-refractivity contribution in [2.75, 3.05) is 26.3 Å². The predicted molar refractivity (Wildman–Crippen MR) is 111 cm³/mol. The first-order chi connectivity index (χ1) is 14.5. The minimum atomic E-state index is -0.546. The first-order valence-electron chi connectivity index (χ1n) is 10.1. The number of piperidine rings is 1. The number of likely N-dealkylation sites (tertiary alicyclic amines) is 1. The van der Waals surface area contributed by atoms with Gasteiger partial charge in [0, 0.05) is 37.2 Å². The van der Waals surface area contributed by atoms with E-state index >= 15 is 0 Å². The number of carbonyl (C=O) groups is 3. The summed E-state index contributed by atoms with van der Waals surface area (Å²) in [5.41, 5.74) is 2.29. The third kappa shape index (κ3) is 5.40. The Morgan fingerprint density at radius 2 is 1.80 bits per heavy atom. The van der Waals surface area contributed by atoms with Crippen LogP contribution in [-0.2, 0) is 14.3 Å². The summed E-state index contributed by atoms with van der Waals surface area (Å²) in [7, 11) is 0. The van der Waals surface area contributed by atoms with Gasteiger partial charge in [-0.3, -0.25) is 4.79 Å². The van der Waals surface area contributed by atoms with Gasteiger partial charge in [-0.1, -0.05) is 6.07 Å². The second kappa shape index (κ2) is 9.96. The van der Waals surface area contributed by atoms with Crippen molar-refractivity contribution in [3.8, 4) is 5.69 Å². The molecule has 1 fully saturated rings. The number of ether oxygens (including phenoxy) is 2. The Morgan fingerprint density at radius 3 is 2.47 bits per heavy atom. The van der Waals surface area contributed by atoms with Gasteiger partial charge in [-0.2, -0.15) is 0 Å². The molecule has 1 aliphatic rings. The summed E-state index contributed by atoms with van der Waals surface area (Å²) in [5, 5.41) is 2.86. The van der Waals surface area contributed by atoms with E-state index in [1.54, 1.807) is 24.0 Å². The lowest BCUT2D eigenvalue weighted by molar-refractivity contribution is -0.125. The molecule has 2 heterocycles. The van der Waals surface area contributed by atoms with Crippen molar-refractivity contribution < 1.29 is 23.9 Å². The van der Waals surface area contributed by atoms with Crippen molar-refractivity contribution in [1.82, 2.24) is 14.8 Å². The van der Waals surface area contributed by atoms with E-state index < -0.39 is 5.97 Å². The van der Waals surface area contributed by atoms with Crippen LogP contribution in [-0.4, -0.2) is 59.8 Å². The van der Waals surface area contributed by atoms with E-state index in [2.05, 4.69) is 5.32 Å². The first-order valence-corrected chi connectivity index (χ1v) is 10.1. The predicted octanol–water partition coefficient (Wildman–Crippen LogP) is 2.68. The van der Waals surface area contributed by atoms with E-state index in [0.717, 1.165) is 11.3 Å². The second-order valence-corrected chi connectivity index (χ2v) is 7.20. The third-order valence-electron chi connectivity index (χ3n) is 5.05. The molecular formula is C22H27N3O5. The van der Waals surface area contributed by atoms with Gasteiger partial charge in [0.05, 0.1) is 12.2 Å². The summed E-state index contributed by atoms with van der Waals surface area (Å²) < 4.78 is 12.1. The SMILES string of the molecule is CCOC(=O)N1CCC(NC(=O)COC(=O)c2ccc(C)c(-n3cccc3)c2)CC1. The fraction of sp³-hybridized carbons (Fsp3) is 0.409. The highest BCUT2D eigenvalue weighted by atomic mass is 16.6. The average Bonchev–Trinajstić information content (AvgIpc) is 3.27. The van der Waals surface area contributed by atoms with Crippen molar-refractivity contribution in [2.24, 2.45) is 0 Å². The maximum Gasteiger partial charge on any atom is 0.409 e. The lowest BCUT2D eigenvalue weighted by Crippen LogP contribution is -2.47. The summed E-state index contributed by atoms with van der Waals surface area (Å²) in [4.78, 5) is 37.9. The van der Waals surface area contributed by atoms with E-state index in [-0.39, 0.29) is 24.6 Å². The van der Waals surface area contributed by atoms with Crippen LogP contribution in [0.2, 0.25) is 0 Å². The number of esters is 1. The Hall–Kier alpha value is -3.29. The Labute approximate surface area is 175 Å². The van der Waals surface area contributed by atoms with Crippen LogP contribution in [0.15, 0.2) is 42.7 Å². The number of nitrogens with one attached hydrogen (secondary N) is 1. The zero-order valence-corrected chi connectivity index (χ0v) is 17.3. The van der Waals surface area contributed by atoms with Gasteiger partial charge in [0.25, 0.3) is 5.91 Å². The number of rotatable bonds is 6. The molecule has 3 rings (SSSR count). The molecule has 0 bridgehead atoms. The normalized spacial score (nSPS) is 14.3. The zero-order chi connectivity index (χ0) is 21.5. The molecule has 2 aromatic rings. The molecule has 30 heavy (non-hydrogen) atoms. The highest BCUT2D eigenvalue weighted by Gasteiger charge is 2.24. The largest absolute Gasteiger partial charge is 0.452 e. The van der Waals surface area contributed by atoms with E-state index in [4.69, 9.17) is 9.47 Å². The molecule has 2 amide bonds. The summed E-state index contributed by atoms with van der Waals surface area (Å²) in [6, 6.07) is 9.05. The smallest absolute Gasteiger partial charge is 0.409 e. The number of carbonyl (C=O) groups excluding carboxylic acids is 3. The fourth-order valence-electron chi connectivity index (χ4n) is 3.41. The maximum absolute atomic E-state index is 12.4. The monoisotopic (exact) mass is 413 g/mol. The van der Waals surface area contributed by atoms with Crippen LogP contribution in [0.1, 0.15) is 35.7 Å². The molecule has 0 saturated carbocycles. The standard InChI is InChI=1S/C22H27N3O5/c1-3-29-22(28)25-12-8-18(9-13-25)23-20(26)15-30-21(27)17-7-6-16(2)19(14-17)24-10-4-5-11-24/h4-7,10-11,14,18H,3,8-9,12-13,15H2,1-2H3,(H,23,26).